The van der Waals surface area contributed by atoms with Crippen LogP contribution in [-0.4, -0.2) is 12.1 Å². The predicted molar refractivity (Wildman–Crippen MR) is 68.6 cm³/mol. The van der Waals surface area contributed by atoms with E-state index >= 15 is 0 Å². The molecule has 0 amide bonds. The lowest BCUT2D eigenvalue weighted by Crippen LogP contribution is -2.34. The second-order valence-corrected chi connectivity index (χ2v) is 5.99. The fourth-order valence-corrected chi connectivity index (χ4v) is 3.38. The Bertz CT molecular complexity index is 262. The molecule has 0 aromatic heterocycles. The van der Waals surface area contributed by atoms with E-state index in [2.05, 4.69) is 0 Å². The minimum atomic E-state index is 0.0201. The van der Waals surface area contributed by atoms with Crippen LogP contribution in [-0.2, 0) is 9.53 Å². The maximum absolute atomic E-state index is 11.8. The molecule has 4 unspecified atom stereocenters. The van der Waals surface area contributed by atoms with Crippen molar-refractivity contribution in [3.05, 3.63) is 0 Å². The standard InChI is InChI=1S/C15H26O2/c1-3-11(2)15(16)17-14-9-8-12-6-4-5-7-13(12)10-14/h11-14H,3-10H2,1-2H3. The van der Waals surface area contributed by atoms with Crippen LogP contribution in [0.2, 0.25) is 0 Å². The number of hydrogen-bond acceptors (Lipinski definition) is 2. The number of rotatable bonds is 3. The molecule has 0 aromatic carbocycles. The molecule has 4 atom stereocenters. The molecule has 2 heteroatoms. The monoisotopic (exact) mass is 238 g/mol. The van der Waals surface area contributed by atoms with Gasteiger partial charge < -0.3 is 4.74 Å². The van der Waals surface area contributed by atoms with Crippen LogP contribution in [0, 0.1) is 17.8 Å². The van der Waals surface area contributed by atoms with Crippen molar-refractivity contribution in [2.24, 2.45) is 17.8 Å². The Morgan fingerprint density at radius 3 is 2.59 bits per heavy atom. The first-order chi connectivity index (χ1) is 8.20. The Morgan fingerprint density at radius 1 is 1.18 bits per heavy atom. The second kappa shape index (κ2) is 5.88. The quantitative estimate of drug-likeness (QED) is 0.696. The summed E-state index contributed by atoms with van der Waals surface area (Å²) in [6.07, 6.45) is 10.2. The highest BCUT2D eigenvalue weighted by Gasteiger charge is 2.34. The summed E-state index contributed by atoms with van der Waals surface area (Å²) in [6, 6.07) is 0. The third-order valence-electron chi connectivity index (χ3n) is 4.79. The molecule has 0 N–H and O–H groups in total. The number of ether oxygens (including phenoxy) is 1. The minimum Gasteiger partial charge on any atom is -0.462 e. The molecule has 2 aliphatic rings. The summed E-state index contributed by atoms with van der Waals surface area (Å²) in [5.41, 5.74) is 0. The molecule has 0 bridgehead atoms. The largest absolute Gasteiger partial charge is 0.462 e. The summed E-state index contributed by atoms with van der Waals surface area (Å²) in [5, 5.41) is 0. The van der Waals surface area contributed by atoms with Crippen LogP contribution in [0.15, 0.2) is 0 Å². The highest BCUT2D eigenvalue weighted by Crippen LogP contribution is 2.41. The van der Waals surface area contributed by atoms with E-state index in [1.165, 1.54) is 32.1 Å². The zero-order valence-electron chi connectivity index (χ0n) is 11.3. The van der Waals surface area contributed by atoms with Gasteiger partial charge in [0.15, 0.2) is 0 Å². The zero-order valence-corrected chi connectivity index (χ0v) is 11.3. The van der Waals surface area contributed by atoms with Crippen LogP contribution >= 0.6 is 0 Å². The molecule has 0 radical (unpaired) electrons. The summed E-state index contributed by atoms with van der Waals surface area (Å²) in [7, 11) is 0. The number of fused-ring (bicyclic) bond motifs is 1. The Hall–Kier alpha value is -0.530. The lowest BCUT2D eigenvalue weighted by Gasteiger charge is -2.39. The first-order valence-electron chi connectivity index (χ1n) is 7.41. The maximum Gasteiger partial charge on any atom is 0.308 e. The predicted octanol–water partition coefficient (Wildman–Crippen LogP) is 3.93. The van der Waals surface area contributed by atoms with Gasteiger partial charge in [-0.1, -0.05) is 39.5 Å². The molecule has 2 nitrogen and oxygen atoms in total. The Morgan fingerprint density at radius 2 is 1.88 bits per heavy atom. The smallest absolute Gasteiger partial charge is 0.308 e. The molecule has 0 saturated heterocycles. The topological polar surface area (TPSA) is 26.3 Å². The van der Waals surface area contributed by atoms with E-state index in [-0.39, 0.29) is 18.0 Å². The summed E-state index contributed by atoms with van der Waals surface area (Å²) in [4.78, 5) is 11.8. The van der Waals surface area contributed by atoms with E-state index in [0.717, 1.165) is 31.1 Å². The molecule has 0 heterocycles. The molecule has 0 aromatic rings. The van der Waals surface area contributed by atoms with Gasteiger partial charge in [-0.15, -0.1) is 0 Å². The van der Waals surface area contributed by atoms with Gasteiger partial charge in [0.1, 0.15) is 6.10 Å². The second-order valence-electron chi connectivity index (χ2n) is 5.99. The van der Waals surface area contributed by atoms with E-state index in [0.29, 0.717) is 0 Å². The molecule has 2 rings (SSSR count). The van der Waals surface area contributed by atoms with E-state index < -0.39 is 0 Å². The summed E-state index contributed by atoms with van der Waals surface area (Å²) >= 11 is 0. The first kappa shape index (κ1) is 12.9. The van der Waals surface area contributed by atoms with Crippen LogP contribution in [0.1, 0.15) is 65.2 Å². The van der Waals surface area contributed by atoms with Crippen molar-refractivity contribution < 1.29 is 9.53 Å². The average Bonchev–Trinajstić information content (AvgIpc) is 2.37. The van der Waals surface area contributed by atoms with Gasteiger partial charge in [-0.05, 0) is 37.5 Å². The van der Waals surface area contributed by atoms with Gasteiger partial charge in [-0.25, -0.2) is 0 Å². The van der Waals surface area contributed by atoms with Gasteiger partial charge in [-0.2, -0.15) is 0 Å². The third kappa shape index (κ3) is 3.23. The Labute approximate surface area is 105 Å². The highest BCUT2D eigenvalue weighted by atomic mass is 16.5. The first-order valence-corrected chi connectivity index (χ1v) is 7.41. The summed E-state index contributed by atoms with van der Waals surface area (Å²) in [5.74, 6) is 1.86. The average molecular weight is 238 g/mol. The molecule has 2 aliphatic carbocycles. The Kier molecular flexibility index (Phi) is 4.47. The van der Waals surface area contributed by atoms with Crippen LogP contribution in [0.25, 0.3) is 0 Å². The number of carbonyl (C=O) groups is 1. The fraction of sp³-hybridized carbons (Fsp3) is 0.933. The molecule has 98 valence electrons. The van der Waals surface area contributed by atoms with Crippen molar-refractivity contribution in [1.82, 2.24) is 0 Å². The van der Waals surface area contributed by atoms with Gasteiger partial charge in [0, 0.05) is 0 Å². The zero-order chi connectivity index (χ0) is 12.3. The van der Waals surface area contributed by atoms with Crippen molar-refractivity contribution in [1.29, 1.82) is 0 Å². The maximum atomic E-state index is 11.8. The lowest BCUT2D eigenvalue weighted by atomic mass is 9.70. The SMILES string of the molecule is CCC(C)C(=O)OC1CCC2CCCCC2C1. The molecular formula is C15H26O2. The van der Waals surface area contributed by atoms with Crippen LogP contribution in [0.3, 0.4) is 0 Å². The third-order valence-corrected chi connectivity index (χ3v) is 4.79. The van der Waals surface area contributed by atoms with Crippen molar-refractivity contribution >= 4 is 5.97 Å². The van der Waals surface area contributed by atoms with E-state index in [1.807, 2.05) is 13.8 Å². The van der Waals surface area contributed by atoms with Gasteiger partial charge in [-0.3, -0.25) is 4.79 Å². The number of carbonyl (C=O) groups excluding carboxylic acids is 1. The normalized spacial score (nSPS) is 34.8. The fourth-order valence-electron chi connectivity index (χ4n) is 3.38. The number of hydrogen-bond donors (Lipinski definition) is 0. The molecule has 17 heavy (non-hydrogen) atoms. The lowest BCUT2D eigenvalue weighted by molar-refractivity contribution is -0.157. The van der Waals surface area contributed by atoms with Crippen molar-refractivity contribution in [2.75, 3.05) is 0 Å². The van der Waals surface area contributed by atoms with Crippen LogP contribution in [0.5, 0.6) is 0 Å². The highest BCUT2D eigenvalue weighted by molar-refractivity contribution is 5.72. The van der Waals surface area contributed by atoms with E-state index in [4.69, 9.17) is 4.74 Å². The van der Waals surface area contributed by atoms with Crippen LogP contribution in [0.4, 0.5) is 0 Å². The van der Waals surface area contributed by atoms with E-state index in [1.54, 1.807) is 0 Å². The van der Waals surface area contributed by atoms with Crippen molar-refractivity contribution in [3.8, 4) is 0 Å². The van der Waals surface area contributed by atoms with Gasteiger partial charge in [0.2, 0.25) is 0 Å². The number of esters is 1. The minimum absolute atomic E-state index is 0.0201. The molecule has 0 aliphatic heterocycles. The van der Waals surface area contributed by atoms with Crippen LogP contribution < -0.4 is 0 Å². The Balaban J connectivity index is 1.81. The van der Waals surface area contributed by atoms with Gasteiger partial charge in [0.05, 0.1) is 5.92 Å². The van der Waals surface area contributed by atoms with Gasteiger partial charge in [0.25, 0.3) is 0 Å². The molecule has 2 fully saturated rings. The van der Waals surface area contributed by atoms with Crippen molar-refractivity contribution in [2.45, 2.75) is 71.3 Å². The van der Waals surface area contributed by atoms with Crippen molar-refractivity contribution in [3.63, 3.8) is 0 Å². The molecular weight excluding hydrogens is 212 g/mol. The van der Waals surface area contributed by atoms with Gasteiger partial charge >= 0.3 is 5.97 Å². The molecule has 0 spiro atoms. The summed E-state index contributed by atoms with van der Waals surface area (Å²) in [6.45, 7) is 4.01. The van der Waals surface area contributed by atoms with E-state index in [9.17, 15) is 4.79 Å². The molecule has 2 saturated carbocycles. The summed E-state index contributed by atoms with van der Waals surface area (Å²) < 4.78 is 5.65.